The molecule has 36 heavy (non-hydrogen) atoms. The van der Waals surface area contributed by atoms with Gasteiger partial charge in [0.1, 0.15) is 5.82 Å². The molecule has 2 amide bonds. The van der Waals surface area contributed by atoms with Gasteiger partial charge in [0.2, 0.25) is 0 Å². The van der Waals surface area contributed by atoms with Crippen LogP contribution in [0.25, 0.3) is 10.9 Å². The standard InChI is InChI=1S/C29H26N4O3/c34-27-21-10-1-2-11-22(21)28(35)33(27)18-15-25-31-24-13-4-3-12-23(24)29(36)32(25)17-14-20-8-5-7-19-9-6-16-30-26(19)20/h1-5,7-8,10-13,30H,6,9,14-18H2. The third-order valence-electron chi connectivity index (χ3n) is 7.14. The molecule has 0 saturated heterocycles. The number of amides is 2. The molecule has 0 fully saturated rings. The molecule has 1 N–H and O–H groups in total. The van der Waals surface area contributed by atoms with Gasteiger partial charge in [-0.1, -0.05) is 42.5 Å². The fraction of sp³-hybridized carbons (Fsp3) is 0.241. The summed E-state index contributed by atoms with van der Waals surface area (Å²) < 4.78 is 1.71. The first-order chi connectivity index (χ1) is 17.6. The summed E-state index contributed by atoms with van der Waals surface area (Å²) in [5, 5.41) is 4.09. The molecule has 0 unspecified atom stereocenters. The van der Waals surface area contributed by atoms with Crippen LogP contribution in [0.5, 0.6) is 0 Å². The van der Waals surface area contributed by atoms with Crippen LogP contribution < -0.4 is 10.9 Å². The van der Waals surface area contributed by atoms with Crippen LogP contribution in [0, 0.1) is 0 Å². The number of nitrogens with zero attached hydrogens (tertiary/aromatic N) is 3. The van der Waals surface area contributed by atoms with E-state index in [0.717, 1.165) is 19.4 Å². The third-order valence-corrected chi connectivity index (χ3v) is 7.14. The number of aryl methyl sites for hydroxylation is 2. The van der Waals surface area contributed by atoms with Crippen molar-refractivity contribution in [1.82, 2.24) is 14.5 Å². The van der Waals surface area contributed by atoms with E-state index in [-0.39, 0.29) is 23.9 Å². The molecule has 7 nitrogen and oxygen atoms in total. The van der Waals surface area contributed by atoms with Crippen molar-refractivity contribution >= 4 is 28.4 Å². The molecular weight excluding hydrogens is 452 g/mol. The lowest BCUT2D eigenvalue weighted by molar-refractivity contribution is 0.0655. The Bertz CT molecular complexity index is 1540. The number of carbonyl (C=O) groups excluding carboxylic acids is 2. The molecule has 1 aromatic heterocycles. The summed E-state index contributed by atoms with van der Waals surface area (Å²) >= 11 is 0. The average Bonchev–Trinajstić information content (AvgIpc) is 3.16. The van der Waals surface area contributed by atoms with Gasteiger partial charge >= 0.3 is 0 Å². The maximum absolute atomic E-state index is 13.5. The van der Waals surface area contributed by atoms with Crippen LogP contribution >= 0.6 is 0 Å². The lowest BCUT2D eigenvalue weighted by atomic mass is 9.98. The van der Waals surface area contributed by atoms with E-state index < -0.39 is 0 Å². The number of para-hydroxylation sites is 2. The first-order valence-corrected chi connectivity index (χ1v) is 12.4. The minimum atomic E-state index is -0.299. The molecule has 0 atom stereocenters. The number of benzene rings is 3. The van der Waals surface area contributed by atoms with Gasteiger partial charge in [0.25, 0.3) is 17.4 Å². The van der Waals surface area contributed by atoms with Crippen molar-refractivity contribution in [1.29, 1.82) is 0 Å². The Kier molecular flexibility index (Phi) is 5.60. The third kappa shape index (κ3) is 3.77. The van der Waals surface area contributed by atoms with Crippen LogP contribution in [0.1, 0.15) is 44.1 Å². The van der Waals surface area contributed by atoms with Crippen LogP contribution in [0.2, 0.25) is 0 Å². The number of rotatable bonds is 6. The summed E-state index contributed by atoms with van der Waals surface area (Å²) in [6, 6.07) is 20.5. The highest BCUT2D eigenvalue weighted by molar-refractivity contribution is 6.21. The SMILES string of the molecule is O=C1c2ccccc2C(=O)N1CCc1nc2ccccc2c(=O)n1CCc1cccc2c1NCCC2. The number of nitrogens with one attached hydrogen (secondary N) is 1. The number of fused-ring (bicyclic) bond motifs is 3. The van der Waals surface area contributed by atoms with Crippen LogP contribution in [-0.4, -0.2) is 39.4 Å². The van der Waals surface area contributed by atoms with Gasteiger partial charge in [-0.2, -0.15) is 0 Å². The largest absolute Gasteiger partial charge is 0.385 e. The zero-order valence-electron chi connectivity index (χ0n) is 19.9. The number of imide groups is 1. The highest BCUT2D eigenvalue weighted by atomic mass is 16.2. The summed E-state index contributed by atoms with van der Waals surface area (Å²) in [6.07, 6.45) is 3.15. The monoisotopic (exact) mass is 478 g/mol. The molecule has 6 rings (SSSR count). The van der Waals surface area contributed by atoms with Crippen molar-refractivity contribution in [2.24, 2.45) is 0 Å². The highest BCUT2D eigenvalue weighted by Gasteiger charge is 2.35. The summed E-state index contributed by atoms with van der Waals surface area (Å²) in [5.41, 5.74) is 5.04. The zero-order chi connectivity index (χ0) is 24.6. The van der Waals surface area contributed by atoms with Gasteiger partial charge in [0.15, 0.2) is 0 Å². The molecule has 0 spiro atoms. The predicted octanol–water partition coefficient (Wildman–Crippen LogP) is 3.84. The Balaban J connectivity index is 1.31. The van der Waals surface area contributed by atoms with Gasteiger partial charge in [-0.25, -0.2) is 4.98 Å². The van der Waals surface area contributed by atoms with E-state index in [2.05, 4.69) is 23.5 Å². The Morgan fingerprint density at radius 2 is 1.56 bits per heavy atom. The van der Waals surface area contributed by atoms with Gasteiger partial charge in [0, 0.05) is 31.7 Å². The number of hydrogen-bond acceptors (Lipinski definition) is 5. The lowest BCUT2D eigenvalue weighted by Crippen LogP contribution is -2.34. The van der Waals surface area contributed by atoms with Crippen LogP contribution in [-0.2, 0) is 25.8 Å². The zero-order valence-corrected chi connectivity index (χ0v) is 19.9. The minimum Gasteiger partial charge on any atom is -0.385 e. The number of hydrogen-bond donors (Lipinski definition) is 1. The van der Waals surface area contributed by atoms with E-state index in [4.69, 9.17) is 4.98 Å². The van der Waals surface area contributed by atoms with Crippen molar-refractivity contribution in [3.8, 4) is 0 Å². The van der Waals surface area contributed by atoms with Gasteiger partial charge in [-0.05, 0) is 54.7 Å². The first kappa shape index (κ1) is 22.2. The quantitative estimate of drug-likeness (QED) is 0.426. The van der Waals surface area contributed by atoms with E-state index in [1.807, 2.05) is 18.2 Å². The van der Waals surface area contributed by atoms with Crippen molar-refractivity contribution in [2.75, 3.05) is 18.4 Å². The summed E-state index contributed by atoms with van der Waals surface area (Å²) in [7, 11) is 0. The summed E-state index contributed by atoms with van der Waals surface area (Å²) in [4.78, 5) is 45.3. The second-order valence-corrected chi connectivity index (χ2v) is 9.29. The highest BCUT2D eigenvalue weighted by Crippen LogP contribution is 2.27. The van der Waals surface area contributed by atoms with E-state index in [1.165, 1.54) is 21.7 Å². The number of carbonyl (C=O) groups is 2. The molecule has 3 heterocycles. The molecule has 0 saturated carbocycles. The molecule has 3 aromatic carbocycles. The molecule has 0 bridgehead atoms. The molecule has 2 aliphatic rings. The minimum absolute atomic E-state index is 0.101. The van der Waals surface area contributed by atoms with Gasteiger partial charge in [-0.15, -0.1) is 0 Å². The van der Waals surface area contributed by atoms with Crippen molar-refractivity contribution in [2.45, 2.75) is 32.2 Å². The lowest BCUT2D eigenvalue weighted by Gasteiger charge is -2.22. The smallest absolute Gasteiger partial charge is 0.261 e. The molecule has 0 aliphatic carbocycles. The van der Waals surface area contributed by atoms with E-state index in [0.29, 0.717) is 47.2 Å². The predicted molar refractivity (Wildman–Crippen MR) is 138 cm³/mol. The fourth-order valence-corrected chi connectivity index (χ4v) is 5.31. The maximum Gasteiger partial charge on any atom is 0.261 e. The normalized spacial score (nSPS) is 14.6. The van der Waals surface area contributed by atoms with Crippen molar-refractivity contribution in [3.63, 3.8) is 0 Å². The average molecular weight is 479 g/mol. The topological polar surface area (TPSA) is 84.3 Å². The van der Waals surface area contributed by atoms with Crippen LogP contribution in [0.15, 0.2) is 71.5 Å². The van der Waals surface area contributed by atoms with Gasteiger partial charge in [0.05, 0.1) is 22.0 Å². The Morgan fingerprint density at radius 1 is 0.806 bits per heavy atom. The number of anilines is 1. The van der Waals surface area contributed by atoms with Gasteiger partial charge in [-0.3, -0.25) is 23.9 Å². The maximum atomic E-state index is 13.5. The van der Waals surface area contributed by atoms with E-state index in [1.54, 1.807) is 34.9 Å². The molecule has 0 radical (unpaired) electrons. The molecule has 2 aliphatic heterocycles. The first-order valence-electron chi connectivity index (χ1n) is 12.4. The second kappa shape index (κ2) is 9.07. The van der Waals surface area contributed by atoms with Crippen molar-refractivity contribution < 1.29 is 9.59 Å². The summed E-state index contributed by atoms with van der Waals surface area (Å²) in [6.45, 7) is 1.58. The molecular formula is C29H26N4O3. The molecule has 4 aromatic rings. The molecule has 7 heteroatoms. The molecule has 180 valence electrons. The van der Waals surface area contributed by atoms with E-state index >= 15 is 0 Å². The van der Waals surface area contributed by atoms with Crippen LogP contribution in [0.3, 0.4) is 0 Å². The fourth-order valence-electron chi connectivity index (χ4n) is 5.31. The summed E-state index contributed by atoms with van der Waals surface area (Å²) in [5.74, 6) is -0.0208. The van der Waals surface area contributed by atoms with E-state index in [9.17, 15) is 14.4 Å². The number of aromatic nitrogens is 2. The van der Waals surface area contributed by atoms with Gasteiger partial charge < -0.3 is 5.32 Å². The van der Waals surface area contributed by atoms with Crippen molar-refractivity contribution in [3.05, 3.63) is 105 Å². The Labute approximate surface area is 208 Å². The Morgan fingerprint density at radius 3 is 2.36 bits per heavy atom. The van der Waals surface area contributed by atoms with Crippen LogP contribution in [0.4, 0.5) is 5.69 Å². The second-order valence-electron chi connectivity index (χ2n) is 9.29. The Hall–Kier alpha value is -4.26.